The fraction of sp³-hybridized carbons (Fsp3) is 0. The van der Waals surface area contributed by atoms with E-state index in [1.165, 1.54) is 5.39 Å². The van der Waals surface area contributed by atoms with Crippen molar-refractivity contribution >= 4 is 76.5 Å². The summed E-state index contributed by atoms with van der Waals surface area (Å²) in [6, 6.07) is 63.9. The second-order valence-electron chi connectivity index (χ2n) is 14.3. The predicted molar refractivity (Wildman–Crippen MR) is 234 cm³/mol. The molecule has 56 heavy (non-hydrogen) atoms. The Kier molecular flexibility index (Phi) is 6.95. The summed E-state index contributed by atoms with van der Waals surface area (Å²) in [5.74, 6) is 0. The maximum Gasteiger partial charge on any atom is 0.220 e. The molecule has 4 heteroatoms. The van der Waals surface area contributed by atoms with Gasteiger partial charge in [-0.15, -0.1) is 0 Å². The third-order valence-electron chi connectivity index (χ3n) is 11.3. The molecule has 11 aromatic rings. The molecule has 4 nitrogen and oxygen atoms in total. The summed E-state index contributed by atoms with van der Waals surface area (Å²) in [6.45, 7) is 16.9. The van der Waals surface area contributed by atoms with Gasteiger partial charge >= 0.3 is 0 Å². The zero-order valence-corrected chi connectivity index (χ0v) is 30.1. The Labute approximate surface area is 323 Å². The zero-order chi connectivity index (χ0) is 37.3. The Balaban J connectivity index is 1.31. The van der Waals surface area contributed by atoms with Crippen molar-refractivity contribution < 1.29 is 0 Å². The molecule has 0 fully saturated rings. The van der Waals surface area contributed by atoms with Crippen LogP contribution in [0.1, 0.15) is 0 Å². The van der Waals surface area contributed by atoms with E-state index in [0.29, 0.717) is 17.1 Å². The van der Waals surface area contributed by atoms with E-state index in [2.05, 4.69) is 177 Å². The Morgan fingerprint density at radius 2 is 0.839 bits per heavy atom. The van der Waals surface area contributed by atoms with Crippen molar-refractivity contribution in [2.75, 3.05) is 0 Å². The molecule has 0 amide bonds. The molecule has 9 aromatic carbocycles. The zero-order valence-electron chi connectivity index (χ0n) is 30.1. The molecule has 0 N–H and O–H groups in total. The smallest absolute Gasteiger partial charge is 0.220 e. The summed E-state index contributed by atoms with van der Waals surface area (Å²) in [6.07, 6.45) is 0. The fourth-order valence-corrected chi connectivity index (χ4v) is 8.86. The molecule has 0 radical (unpaired) electrons. The van der Waals surface area contributed by atoms with Gasteiger partial charge in [0, 0.05) is 21.5 Å². The summed E-state index contributed by atoms with van der Waals surface area (Å²) < 4.78 is 4.54. The van der Waals surface area contributed by atoms with Gasteiger partial charge in [0.05, 0.1) is 46.6 Å². The minimum absolute atomic E-state index is 0.327. The largest absolute Gasteiger partial charge is 0.318 e. The van der Waals surface area contributed by atoms with E-state index >= 15 is 0 Å². The van der Waals surface area contributed by atoms with Gasteiger partial charge in [-0.1, -0.05) is 140 Å². The maximum atomic E-state index is 8.66. The van der Waals surface area contributed by atoms with E-state index < -0.39 is 0 Å². The third-order valence-corrected chi connectivity index (χ3v) is 11.3. The molecule has 0 spiro atoms. The van der Waals surface area contributed by atoms with Crippen LogP contribution in [0.4, 0.5) is 11.4 Å². The van der Waals surface area contributed by atoms with Crippen LogP contribution in [0.2, 0.25) is 0 Å². The lowest BCUT2D eigenvalue weighted by Gasteiger charge is -2.19. The number of hydrogen-bond donors (Lipinski definition) is 0. The van der Waals surface area contributed by atoms with E-state index in [1.807, 2.05) is 24.3 Å². The van der Waals surface area contributed by atoms with Gasteiger partial charge in [-0.2, -0.15) is 0 Å². The summed E-state index contributed by atoms with van der Waals surface area (Å²) in [7, 11) is 0. The van der Waals surface area contributed by atoms with Gasteiger partial charge in [0.15, 0.2) is 5.69 Å². The van der Waals surface area contributed by atoms with Crippen molar-refractivity contribution in [2.45, 2.75) is 0 Å². The average Bonchev–Trinajstić information content (AvgIpc) is 3.78. The minimum atomic E-state index is 0.327. The van der Waals surface area contributed by atoms with Crippen LogP contribution < -0.4 is 0 Å². The number of aromatic nitrogens is 2. The van der Waals surface area contributed by atoms with Crippen molar-refractivity contribution in [1.82, 2.24) is 9.13 Å². The van der Waals surface area contributed by atoms with Crippen LogP contribution >= 0.6 is 0 Å². The maximum absolute atomic E-state index is 8.66. The van der Waals surface area contributed by atoms with E-state index in [-0.39, 0.29) is 0 Å². The van der Waals surface area contributed by atoms with Crippen molar-refractivity contribution in [3.05, 3.63) is 205 Å². The first kappa shape index (κ1) is 31.6. The van der Waals surface area contributed by atoms with Crippen molar-refractivity contribution in [2.24, 2.45) is 0 Å². The first-order chi connectivity index (χ1) is 27.7. The standard InChI is InChI=1S/C52H30N4/c1-53-43-25-30-48(55-44-26-23-37(33-13-5-3-6-14-33)31-41(44)49-39-19-11-9-17-35(39)21-28-46(49)55)52(51(43)54-2)56-45-27-24-38(34-15-7-4-8-16-34)32-42(45)50-40-20-12-10-18-36(40)22-29-47(50)56/h3-32H. The number of benzene rings is 9. The number of hydrogen-bond acceptors (Lipinski definition) is 0. The Hall–Kier alpha value is -7.92. The summed E-state index contributed by atoms with van der Waals surface area (Å²) in [5.41, 5.74) is 10.8. The van der Waals surface area contributed by atoms with Gasteiger partial charge in [-0.05, 0) is 86.3 Å². The molecular weight excluding hydrogens is 681 g/mol. The highest BCUT2D eigenvalue weighted by Gasteiger charge is 2.25. The van der Waals surface area contributed by atoms with E-state index in [4.69, 9.17) is 13.1 Å². The lowest BCUT2D eigenvalue weighted by molar-refractivity contribution is 1.10. The first-order valence-electron chi connectivity index (χ1n) is 18.7. The topological polar surface area (TPSA) is 18.6 Å². The molecule has 258 valence electrons. The second-order valence-corrected chi connectivity index (χ2v) is 14.3. The molecule has 0 bridgehead atoms. The van der Waals surface area contributed by atoms with Gasteiger partial charge < -0.3 is 9.13 Å². The molecule has 0 aliphatic rings. The normalized spacial score (nSPS) is 11.5. The van der Waals surface area contributed by atoms with Gasteiger partial charge in [0.1, 0.15) is 0 Å². The molecule has 11 rings (SSSR count). The summed E-state index contributed by atoms with van der Waals surface area (Å²) in [4.78, 5) is 8.10. The SMILES string of the molecule is [C-]#[N+]c1ccc(-n2c3ccc(-c4ccccc4)cc3c3c4ccccc4ccc32)c(-n2c3ccc(-c4ccccc4)cc3c3c4ccccc4ccc32)c1[N+]#[C-]. The highest BCUT2D eigenvalue weighted by Crippen LogP contribution is 2.48. The summed E-state index contributed by atoms with van der Waals surface area (Å²) in [5, 5.41) is 9.11. The average molecular weight is 711 g/mol. The van der Waals surface area contributed by atoms with Crippen LogP contribution in [-0.4, -0.2) is 9.13 Å². The Morgan fingerprint density at radius 3 is 1.38 bits per heavy atom. The van der Waals surface area contributed by atoms with Crippen molar-refractivity contribution in [1.29, 1.82) is 0 Å². The van der Waals surface area contributed by atoms with Gasteiger partial charge in [-0.25, -0.2) is 4.85 Å². The Morgan fingerprint density at radius 1 is 0.357 bits per heavy atom. The van der Waals surface area contributed by atoms with Crippen LogP contribution in [-0.2, 0) is 0 Å². The van der Waals surface area contributed by atoms with E-state index in [1.54, 1.807) is 0 Å². The highest BCUT2D eigenvalue weighted by molar-refractivity contribution is 6.24. The molecule has 0 aliphatic carbocycles. The molecular formula is C52H30N4. The van der Waals surface area contributed by atoms with E-state index in [9.17, 15) is 0 Å². The highest BCUT2D eigenvalue weighted by atomic mass is 15.1. The molecule has 0 saturated carbocycles. The molecule has 0 unspecified atom stereocenters. The third kappa shape index (κ3) is 4.57. The van der Waals surface area contributed by atoms with Crippen LogP contribution in [0.3, 0.4) is 0 Å². The fourth-order valence-electron chi connectivity index (χ4n) is 8.86. The van der Waals surface area contributed by atoms with E-state index in [0.717, 1.165) is 87.7 Å². The minimum Gasteiger partial charge on any atom is -0.318 e. The van der Waals surface area contributed by atoms with Crippen LogP contribution in [0, 0.1) is 13.1 Å². The van der Waals surface area contributed by atoms with Crippen LogP contribution in [0.5, 0.6) is 0 Å². The van der Waals surface area contributed by atoms with Crippen LogP contribution in [0.25, 0.3) is 108 Å². The lowest BCUT2D eigenvalue weighted by atomic mass is 10.0. The van der Waals surface area contributed by atoms with Crippen molar-refractivity contribution in [3.63, 3.8) is 0 Å². The monoisotopic (exact) mass is 710 g/mol. The predicted octanol–water partition coefficient (Wildman–Crippen LogP) is 14.6. The Bertz CT molecular complexity index is 3480. The van der Waals surface area contributed by atoms with Gasteiger partial charge in [0.25, 0.3) is 0 Å². The van der Waals surface area contributed by atoms with Crippen LogP contribution in [0.15, 0.2) is 182 Å². The van der Waals surface area contributed by atoms with Crippen molar-refractivity contribution in [3.8, 4) is 33.6 Å². The second kappa shape index (κ2) is 12.3. The molecule has 0 aliphatic heterocycles. The first-order valence-corrected chi connectivity index (χ1v) is 18.7. The summed E-state index contributed by atoms with van der Waals surface area (Å²) >= 11 is 0. The van der Waals surface area contributed by atoms with Gasteiger partial charge in [0.2, 0.25) is 5.69 Å². The number of nitrogens with zero attached hydrogens (tertiary/aromatic N) is 4. The number of fused-ring (bicyclic) bond motifs is 10. The molecule has 2 aromatic heterocycles. The number of rotatable bonds is 4. The molecule has 2 heterocycles. The quantitative estimate of drug-likeness (QED) is 0.162. The lowest BCUT2D eigenvalue weighted by Crippen LogP contribution is -2.04. The molecule has 0 atom stereocenters. The van der Waals surface area contributed by atoms with Gasteiger partial charge in [-0.3, -0.25) is 4.85 Å². The molecule has 0 saturated heterocycles.